The molecule has 2 heterocycles. The Labute approximate surface area is 156 Å². The summed E-state index contributed by atoms with van der Waals surface area (Å²) in [7, 11) is 0. The third-order valence-corrected chi connectivity index (χ3v) is 4.84. The molecule has 0 unspecified atom stereocenters. The second kappa shape index (κ2) is 7.31. The highest BCUT2D eigenvalue weighted by Crippen LogP contribution is 2.32. The Morgan fingerprint density at radius 3 is 2.85 bits per heavy atom. The fourth-order valence-corrected chi connectivity index (χ4v) is 3.49. The maximum atomic E-state index is 13.5. The maximum absolute atomic E-state index is 13.5. The first-order valence-electron chi connectivity index (χ1n) is 9.09. The van der Waals surface area contributed by atoms with Crippen molar-refractivity contribution in [2.24, 2.45) is 0 Å². The van der Waals surface area contributed by atoms with Crippen LogP contribution in [0.25, 0.3) is 11.4 Å². The number of aryl methyl sites for hydroxylation is 1. The van der Waals surface area contributed by atoms with Crippen molar-refractivity contribution in [1.82, 2.24) is 15.0 Å². The van der Waals surface area contributed by atoms with Crippen molar-refractivity contribution in [2.45, 2.75) is 32.2 Å². The minimum Gasteiger partial charge on any atom is -0.337 e. The summed E-state index contributed by atoms with van der Waals surface area (Å²) in [6, 6.07) is 13.3. The lowest BCUT2D eigenvalue weighted by Gasteiger charge is -2.33. The third-order valence-electron chi connectivity index (χ3n) is 4.84. The van der Waals surface area contributed by atoms with Crippen molar-refractivity contribution >= 4 is 5.91 Å². The number of rotatable bonds is 3. The second-order valence-electron chi connectivity index (χ2n) is 6.85. The second-order valence-corrected chi connectivity index (χ2v) is 6.85. The number of benzene rings is 2. The van der Waals surface area contributed by atoms with Crippen LogP contribution in [0.4, 0.5) is 4.39 Å². The van der Waals surface area contributed by atoms with Gasteiger partial charge in [-0.05, 0) is 50.5 Å². The molecule has 2 aromatic carbocycles. The first-order valence-corrected chi connectivity index (χ1v) is 9.09. The minimum absolute atomic E-state index is 0.213. The Bertz CT molecular complexity index is 969. The number of piperidine rings is 1. The van der Waals surface area contributed by atoms with Gasteiger partial charge in [0.1, 0.15) is 11.9 Å². The van der Waals surface area contributed by atoms with Gasteiger partial charge in [-0.2, -0.15) is 4.98 Å². The largest absolute Gasteiger partial charge is 0.337 e. The van der Waals surface area contributed by atoms with Gasteiger partial charge >= 0.3 is 0 Å². The van der Waals surface area contributed by atoms with Crippen molar-refractivity contribution in [3.63, 3.8) is 0 Å². The third kappa shape index (κ3) is 3.60. The van der Waals surface area contributed by atoms with Gasteiger partial charge in [-0.3, -0.25) is 4.79 Å². The van der Waals surface area contributed by atoms with E-state index in [0.717, 1.165) is 30.4 Å². The summed E-state index contributed by atoms with van der Waals surface area (Å²) < 4.78 is 19.0. The molecular formula is C21H20FN3O2. The molecule has 1 amide bonds. The Hall–Kier alpha value is -3.02. The number of amides is 1. The Morgan fingerprint density at radius 2 is 2.04 bits per heavy atom. The van der Waals surface area contributed by atoms with Crippen LogP contribution in [-0.4, -0.2) is 27.5 Å². The molecule has 1 saturated heterocycles. The Morgan fingerprint density at radius 1 is 1.19 bits per heavy atom. The fraction of sp³-hybridized carbons (Fsp3) is 0.286. The van der Waals surface area contributed by atoms with E-state index in [1.54, 1.807) is 17.0 Å². The van der Waals surface area contributed by atoms with Crippen LogP contribution in [0, 0.1) is 12.7 Å². The Balaban J connectivity index is 1.62. The van der Waals surface area contributed by atoms with Gasteiger partial charge in [-0.25, -0.2) is 4.39 Å². The molecule has 1 aromatic heterocycles. The highest BCUT2D eigenvalue weighted by molar-refractivity contribution is 5.94. The van der Waals surface area contributed by atoms with Crippen molar-refractivity contribution in [2.75, 3.05) is 6.54 Å². The van der Waals surface area contributed by atoms with E-state index >= 15 is 0 Å². The van der Waals surface area contributed by atoms with Crippen LogP contribution in [0.2, 0.25) is 0 Å². The van der Waals surface area contributed by atoms with Gasteiger partial charge < -0.3 is 9.42 Å². The molecule has 1 atom stereocenters. The van der Waals surface area contributed by atoms with Crippen LogP contribution in [0.5, 0.6) is 0 Å². The number of nitrogens with zero attached hydrogens (tertiary/aromatic N) is 3. The quantitative estimate of drug-likeness (QED) is 0.683. The Kier molecular flexibility index (Phi) is 4.71. The normalized spacial score (nSPS) is 17.1. The standard InChI is InChI=1S/C21H20FN3O2/c1-14-6-4-7-15(12-14)19-23-20(27-24-19)18-10-2-3-11-25(18)21(26)16-8-5-9-17(22)13-16/h4-9,12-13,18H,2-3,10-11H2,1H3/t18-/m1/s1. The number of carbonyl (C=O) groups is 1. The first-order chi connectivity index (χ1) is 13.1. The van der Waals surface area contributed by atoms with Crippen molar-refractivity contribution < 1.29 is 13.7 Å². The zero-order chi connectivity index (χ0) is 18.8. The maximum Gasteiger partial charge on any atom is 0.254 e. The highest BCUT2D eigenvalue weighted by atomic mass is 19.1. The van der Waals surface area contributed by atoms with E-state index in [4.69, 9.17) is 4.52 Å². The van der Waals surface area contributed by atoms with Crippen molar-refractivity contribution in [3.05, 3.63) is 71.4 Å². The van der Waals surface area contributed by atoms with E-state index in [0.29, 0.717) is 23.8 Å². The molecule has 0 aliphatic carbocycles. The van der Waals surface area contributed by atoms with Gasteiger partial charge in [0.25, 0.3) is 5.91 Å². The minimum atomic E-state index is -0.422. The van der Waals surface area contributed by atoms with E-state index < -0.39 is 5.82 Å². The van der Waals surface area contributed by atoms with Crippen molar-refractivity contribution in [3.8, 4) is 11.4 Å². The van der Waals surface area contributed by atoms with Crippen LogP contribution in [0.15, 0.2) is 53.1 Å². The molecule has 0 saturated carbocycles. The van der Waals surface area contributed by atoms with E-state index in [1.807, 2.05) is 31.2 Å². The SMILES string of the molecule is Cc1cccc(-c2noc([C@H]3CCCCN3C(=O)c3cccc(F)c3)n2)c1. The molecular weight excluding hydrogens is 345 g/mol. The number of hydrogen-bond donors (Lipinski definition) is 0. The lowest BCUT2D eigenvalue weighted by molar-refractivity contribution is 0.0561. The topological polar surface area (TPSA) is 59.2 Å². The predicted molar refractivity (Wildman–Crippen MR) is 98.5 cm³/mol. The van der Waals surface area contributed by atoms with Gasteiger partial charge in [-0.1, -0.05) is 35.0 Å². The van der Waals surface area contributed by atoms with Gasteiger partial charge in [-0.15, -0.1) is 0 Å². The summed E-state index contributed by atoms with van der Waals surface area (Å²) in [5.41, 5.74) is 2.32. The molecule has 0 radical (unpaired) electrons. The molecule has 3 aromatic rings. The lowest BCUT2D eigenvalue weighted by Crippen LogP contribution is -2.38. The highest BCUT2D eigenvalue weighted by Gasteiger charge is 2.33. The summed E-state index contributed by atoms with van der Waals surface area (Å²) in [4.78, 5) is 19.2. The summed E-state index contributed by atoms with van der Waals surface area (Å²) in [5, 5.41) is 4.10. The monoisotopic (exact) mass is 365 g/mol. The molecule has 5 nitrogen and oxygen atoms in total. The zero-order valence-corrected chi connectivity index (χ0v) is 15.1. The molecule has 1 aliphatic rings. The summed E-state index contributed by atoms with van der Waals surface area (Å²) >= 11 is 0. The smallest absolute Gasteiger partial charge is 0.254 e. The van der Waals surface area contributed by atoms with Gasteiger partial charge in [0, 0.05) is 17.7 Å². The predicted octanol–water partition coefficient (Wildman–Crippen LogP) is 4.55. The summed E-state index contributed by atoms with van der Waals surface area (Å²) in [6.45, 7) is 2.59. The molecule has 1 fully saturated rings. The average molecular weight is 365 g/mol. The fourth-order valence-electron chi connectivity index (χ4n) is 3.49. The van der Waals surface area contributed by atoms with Crippen LogP contribution in [0.3, 0.4) is 0 Å². The number of aromatic nitrogens is 2. The molecule has 1 aliphatic heterocycles. The van der Waals surface area contributed by atoms with Crippen LogP contribution >= 0.6 is 0 Å². The number of carbonyl (C=O) groups excluding carboxylic acids is 1. The van der Waals surface area contributed by atoms with Gasteiger partial charge in [0.15, 0.2) is 0 Å². The molecule has 27 heavy (non-hydrogen) atoms. The molecule has 0 bridgehead atoms. The first kappa shape index (κ1) is 17.4. The van der Waals surface area contributed by atoms with E-state index in [1.165, 1.54) is 12.1 Å². The summed E-state index contributed by atoms with van der Waals surface area (Å²) in [5.74, 6) is 0.303. The molecule has 0 N–H and O–H groups in total. The van der Waals surface area contributed by atoms with Gasteiger partial charge in [0.05, 0.1) is 0 Å². The number of halogens is 1. The number of hydrogen-bond acceptors (Lipinski definition) is 4. The van der Waals surface area contributed by atoms with Crippen molar-refractivity contribution in [1.29, 1.82) is 0 Å². The lowest BCUT2D eigenvalue weighted by atomic mass is 10.0. The molecule has 4 rings (SSSR count). The average Bonchev–Trinajstić information content (AvgIpc) is 3.17. The van der Waals surface area contributed by atoms with E-state index in [-0.39, 0.29) is 11.9 Å². The zero-order valence-electron chi connectivity index (χ0n) is 15.1. The summed E-state index contributed by atoms with van der Waals surface area (Å²) in [6.07, 6.45) is 2.62. The van der Waals surface area contributed by atoms with E-state index in [9.17, 15) is 9.18 Å². The van der Waals surface area contributed by atoms with Crippen LogP contribution < -0.4 is 0 Å². The molecule has 0 spiro atoms. The van der Waals surface area contributed by atoms with Gasteiger partial charge in [0.2, 0.25) is 11.7 Å². The molecule has 6 heteroatoms. The van der Waals surface area contributed by atoms with Crippen LogP contribution in [-0.2, 0) is 0 Å². The number of likely N-dealkylation sites (tertiary alicyclic amines) is 1. The van der Waals surface area contributed by atoms with E-state index in [2.05, 4.69) is 10.1 Å². The molecule has 138 valence electrons. The van der Waals surface area contributed by atoms with Crippen LogP contribution in [0.1, 0.15) is 47.1 Å².